The molecule has 1 atom stereocenters. The maximum atomic E-state index is 12.5. The molecule has 26 heavy (non-hydrogen) atoms. The largest absolute Gasteiger partial charge is 0.494 e. The first-order valence-corrected chi connectivity index (χ1v) is 8.37. The standard InChI is InChI=1S/C17H25F3N4O.HI/c1-3-25-15-6-4-5-13(9-15)10-22-16(21-2)23-14-7-8-24(11-14)12-17(18,19)20;/h4-6,9,14H,3,7-8,10-12H2,1-2H3,(H2,21,22,23);1H. The summed E-state index contributed by atoms with van der Waals surface area (Å²) in [7, 11) is 1.65. The van der Waals surface area contributed by atoms with E-state index in [1.54, 1.807) is 7.05 Å². The average molecular weight is 486 g/mol. The molecule has 1 saturated heterocycles. The Bertz CT molecular complexity index is 583. The van der Waals surface area contributed by atoms with Gasteiger partial charge in [-0.25, -0.2) is 0 Å². The summed E-state index contributed by atoms with van der Waals surface area (Å²) >= 11 is 0. The van der Waals surface area contributed by atoms with Gasteiger partial charge in [0.2, 0.25) is 0 Å². The molecule has 0 radical (unpaired) electrons. The van der Waals surface area contributed by atoms with Crippen molar-refractivity contribution in [2.45, 2.75) is 32.1 Å². The minimum Gasteiger partial charge on any atom is -0.494 e. The monoisotopic (exact) mass is 486 g/mol. The molecule has 1 aromatic rings. The topological polar surface area (TPSA) is 48.9 Å². The summed E-state index contributed by atoms with van der Waals surface area (Å²) in [5, 5.41) is 6.38. The Kier molecular flexibility index (Phi) is 9.48. The molecule has 0 aliphatic carbocycles. The Morgan fingerprint density at radius 2 is 2.15 bits per heavy atom. The molecule has 1 aliphatic rings. The molecule has 1 heterocycles. The fourth-order valence-corrected chi connectivity index (χ4v) is 2.83. The van der Waals surface area contributed by atoms with Crippen molar-refractivity contribution in [1.82, 2.24) is 15.5 Å². The number of aliphatic imine (C=N–C) groups is 1. The highest BCUT2D eigenvalue weighted by Crippen LogP contribution is 2.20. The van der Waals surface area contributed by atoms with Gasteiger partial charge in [0.05, 0.1) is 13.2 Å². The molecule has 0 saturated carbocycles. The number of guanidine groups is 1. The zero-order chi connectivity index (χ0) is 18.3. The Morgan fingerprint density at radius 3 is 2.81 bits per heavy atom. The lowest BCUT2D eigenvalue weighted by Crippen LogP contribution is -2.44. The summed E-state index contributed by atoms with van der Waals surface area (Å²) in [4.78, 5) is 5.56. The van der Waals surface area contributed by atoms with E-state index in [0.717, 1.165) is 11.3 Å². The number of alkyl halides is 3. The second-order valence-electron chi connectivity index (χ2n) is 5.99. The third-order valence-corrected chi connectivity index (χ3v) is 3.91. The molecule has 1 aliphatic heterocycles. The number of likely N-dealkylation sites (tertiary alicyclic amines) is 1. The van der Waals surface area contributed by atoms with Crippen LogP contribution in [0.1, 0.15) is 18.9 Å². The van der Waals surface area contributed by atoms with Crippen molar-refractivity contribution in [3.63, 3.8) is 0 Å². The number of hydrogen-bond acceptors (Lipinski definition) is 3. The van der Waals surface area contributed by atoms with E-state index in [0.29, 0.717) is 38.6 Å². The minimum absolute atomic E-state index is 0. The van der Waals surface area contributed by atoms with Gasteiger partial charge in [0.1, 0.15) is 5.75 Å². The lowest BCUT2D eigenvalue weighted by atomic mass is 10.2. The summed E-state index contributed by atoms with van der Waals surface area (Å²) in [5.74, 6) is 1.39. The zero-order valence-electron chi connectivity index (χ0n) is 15.0. The van der Waals surface area contributed by atoms with Gasteiger partial charge in [0.25, 0.3) is 0 Å². The highest BCUT2D eigenvalue weighted by molar-refractivity contribution is 14.0. The Labute approximate surface area is 169 Å². The number of halogens is 4. The van der Waals surface area contributed by atoms with Gasteiger partial charge >= 0.3 is 6.18 Å². The van der Waals surface area contributed by atoms with Crippen molar-refractivity contribution in [3.8, 4) is 5.75 Å². The van der Waals surface area contributed by atoms with Crippen molar-refractivity contribution in [2.24, 2.45) is 4.99 Å². The molecule has 1 unspecified atom stereocenters. The summed E-state index contributed by atoms with van der Waals surface area (Å²) < 4.78 is 42.8. The maximum absolute atomic E-state index is 12.5. The van der Waals surface area contributed by atoms with Crippen LogP contribution < -0.4 is 15.4 Å². The molecule has 2 rings (SSSR count). The van der Waals surface area contributed by atoms with E-state index >= 15 is 0 Å². The number of ether oxygens (including phenoxy) is 1. The molecule has 1 fully saturated rings. The van der Waals surface area contributed by atoms with E-state index in [1.807, 2.05) is 31.2 Å². The van der Waals surface area contributed by atoms with E-state index in [1.165, 1.54) is 4.90 Å². The SMILES string of the molecule is CCOc1cccc(CNC(=NC)NC2CCN(CC(F)(F)F)C2)c1.I. The van der Waals surface area contributed by atoms with Crippen molar-refractivity contribution >= 4 is 29.9 Å². The number of nitrogens with one attached hydrogen (secondary N) is 2. The molecule has 0 aromatic heterocycles. The second kappa shape index (κ2) is 10.8. The number of rotatable bonds is 6. The Morgan fingerprint density at radius 1 is 1.38 bits per heavy atom. The minimum atomic E-state index is -4.15. The van der Waals surface area contributed by atoms with Gasteiger partial charge in [-0.3, -0.25) is 9.89 Å². The number of benzene rings is 1. The van der Waals surface area contributed by atoms with E-state index in [2.05, 4.69) is 15.6 Å². The van der Waals surface area contributed by atoms with Gasteiger partial charge in [0.15, 0.2) is 5.96 Å². The third kappa shape index (κ3) is 7.98. The average Bonchev–Trinajstić information content (AvgIpc) is 2.97. The molecule has 9 heteroatoms. The van der Waals surface area contributed by atoms with Crippen molar-refractivity contribution in [3.05, 3.63) is 29.8 Å². The number of hydrogen-bond donors (Lipinski definition) is 2. The smallest absolute Gasteiger partial charge is 0.401 e. The first-order chi connectivity index (χ1) is 11.9. The molecule has 0 spiro atoms. The molecular weight excluding hydrogens is 460 g/mol. The maximum Gasteiger partial charge on any atom is 0.401 e. The van der Waals surface area contributed by atoms with Crippen LogP contribution in [-0.2, 0) is 6.54 Å². The van der Waals surface area contributed by atoms with Crippen LogP contribution in [-0.4, -0.2) is 56.4 Å². The Hall–Kier alpha value is -1.23. The highest BCUT2D eigenvalue weighted by Gasteiger charge is 2.34. The normalized spacial score (nSPS) is 18.3. The first kappa shape index (κ1) is 22.8. The van der Waals surface area contributed by atoms with E-state index in [-0.39, 0.29) is 30.0 Å². The van der Waals surface area contributed by atoms with Gasteiger partial charge in [-0.2, -0.15) is 13.2 Å². The lowest BCUT2D eigenvalue weighted by molar-refractivity contribution is -0.143. The lowest BCUT2D eigenvalue weighted by Gasteiger charge is -2.20. The Balaban J connectivity index is 0.00000338. The molecular formula is C17H26F3IN4O. The summed E-state index contributed by atoms with van der Waals surface area (Å²) in [5.41, 5.74) is 1.04. The van der Waals surface area contributed by atoms with Crippen LogP contribution in [0.15, 0.2) is 29.3 Å². The van der Waals surface area contributed by atoms with Crippen LogP contribution in [0.3, 0.4) is 0 Å². The molecule has 5 nitrogen and oxygen atoms in total. The molecule has 1 aromatic carbocycles. The van der Waals surface area contributed by atoms with Crippen LogP contribution in [0.25, 0.3) is 0 Å². The van der Waals surface area contributed by atoms with Crippen molar-refractivity contribution in [1.29, 1.82) is 0 Å². The number of nitrogens with zero attached hydrogens (tertiary/aromatic N) is 2. The second-order valence-corrected chi connectivity index (χ2v) is 5.99. The van der Waals surface area contributed by atoms with Gasteiger partial charge in [-0.05, 0) is 31.0 Å². The third-order valence-electron chi connectivity index (χ3n) is 3.91. The van der Waals surface area contributed by atoms with Crippen LogP contribution in [0.2, 0.25) is 0 Å². The molecule has 2 N–H and O–H groups in total. The van der Waals surface area contributed by atoms with E-state index < -0.39 is 12.7 Å². The van der Waals surface area contributed by atoms with E-state index in [9.17, 15) is 13.2 Å². The molecule has 0 bridgehead atoms. The van der Waals surface area contributed by atoms with Gasteiger partial charge in [0, 0.05) is 32.7 Å². The zero-order valence-corrected chi connectivity index (χ0v) is 17.3. The van der Waals surface area contributed by atoms with Crippen LogP contribution >= 0.6 is 24.0 Å². The van der Waals surface area contributed by atoms with E-state index in [4.69, 9.17) is 4.74 Å². The van der Waals surface area contributed by atoms with Gasteiger partial charge in [-0.1, -0.05) is 12.1 Å². The van der Waals surface area contributed by atoms with Crippen molar-refractivity contribution < 1.29 is 17.9 Å². The van der Waals surface area contributed by atoms with Gasteiger partial charge in [-0.15, -0.1) is 24.0 Å². The van der Waals surface area contributed by atoms with Crippen LogP contribution in [0, 0.1) is 0 Å². The van der Waals surface area contributed by atoms with Crippen LogP contribution in [0.5, 0.6) is 5.75 Å². The fraction of sp³-hybridized carbons (Fsp3) is 0.588. The molecule has 0 amide bonds. The van der Waals surface area contributed by atoms with Crippen LogP contribution in [0.4, 0.5) is 13.2 Å². The summed E-state index contributed by atoms with van der Waals surface area (Å²) in [6.07, 6.45) is -3.49. The predicted octanol–water partition coefficient (Wildman–Crippen LogP) is 3.00. The quantitative estimate of drug-likeness (QED) is 0.369. The molecule has 148 valence electrons. The first-order valence-electron chi connectivity index (χ1n) is 8.37. The summed E-state index contributed by atoms with van der Waals surface area (Å²) in [6.45, 7) is 3.03. The highest BCUT2D eigenvalue weighted by atomic mass is 127. The fourth-order valence-electron chi connectivity index (χ4n) is 2.83. The van der Waals surface area contributed by atoms with Gasteiger partial charge < -0.3 is 15.4 Å². The van der Waals surface area contributed by atoms with Crippen molar-refractivity contribution in [2.75, 3.05) is 33.3 Å². The predicted molar refractivity (Wildman–Crippen MR) is 107 cm³/mol. The summed E-state index contributed by atoms with van der Waals surface area (Å²) in [6, 6.07) is 7.70.